The van der Waals surface area contributed by atoms with Gasteiger partial charge in [-0.15, -0.1) is 11.3 Å². The largest absolute Gasteiger partial charge is 0.390 e. The van der Waals surface area contributed by atoms with Crippen molar-refractivity contribution >= 4 is 46.1 Å². The number of nitrogens with zero attached hydrogens (tertiary/aromatic N) is 4. The Hall–Kier alpha value is -2.58. The van der Waals surface area contributed by atoms with Crippen molar-refractivity contribution in [2.45, 2.75) is 38.2 Å². The van der Waals surface area contributed by atoms with E-state index in [1.54, 1.807) is 12.1 Å². The van der Waals surface area contributed by atoms with E-state index >= 15 is 0 Å². The van der Waals surface area contributed by atoms with E-state index in [1.807, 2.05) is 0 Å². The number of hydrogen-bond acceptors (Lipinski definition) is 7. The molecule has 0 spiro atoms. The van der Waals surface area contributed by atoms with Gasteiger partial charge in [0.1, 0.15) is 11.9 Å². The topological polar surface area (TPSA) is 69.5 Å². The smallest absolute Gasteiger partial charge is 0.261 e. The summed E-state index contributed by atoms with van der Waals surface area (Å²) in [5.74, 6) is 0.923. The Morgan fingerprint density at radius 1 is 1.18 bits per heavy atom. The van der Waals surface area contributed by atoms with Crippen LogP contribution in [0.25, 0.3) is 0 Å². The van der Waals surface area contributed by atoms with E-state index in [2.05, 4.69) is 45.5 Å². The average molecular weight is 500 g/mol. The van der Waals surface area contributed by atoms with Crippen molar-refractivity contribution in [1.29, 1.82) is 0 Å². The van der Waals surface area contributed by atoms with E-state index in [9.17, 15) is 4.79 Å². The second-order valence-corrected chi connectivity index (χ2v) is 10.8. The van der Waals surface area contributed by atoms with Crippen LogP contribution in [0.4, 0.5) is 5.69 Å². The first-order valence-electron chi connectivity index (χ1n) is 12.0. The molecule has 1 fully saturated rings. The maximum absolute atomic E-state index is 12.4. The molecule has 9 heteroatoms. The predicted molar refractivity (Wildman–Crippen MR) is 139 cm³/mol. The molecule has 2 aromatic rings. The molecule has 1 aromatic carbocycles. The van der Waals surface area contributed by atoms with Crippen LogP contribution in [0.3, 0.4) is 0 Å². The van der Waals surface area contributed by atoms with Gasteiger partial charge < -0.3 is 20.0 Å². The number of benzene rings is 1. The summed E-state index contributed by atoms with van der Waals surface area (Å²) >= 11 is 7.22. The molecule has 1 amide bonds. The number of anilines is 1. The van der Waals surface area contributed by atoms with Crippen LogP contribution in [0.15, 0.2) is 40.5 Å². The minimum atomic E-state index is -0.184. The van der Waals surface area contributed by atoms with Crippen LogP contribution in [0.2, 0.25) is 4.34 Å². The molecule has 5 rings (SSSR count). The fourth-order valence-electron chi connectivity index (χ4n) is 4.76. The number of aliphatic imine (C=N–C) groups is 1. The standard InChI is InChI=1S/C25H30ClN5O2S/c1-30-13-10-27-24(30)17-6-7-19(21(14-17)31-11-4-2-3-5-12-31)20-15-18(33-29-20)16-28-25(32)22-8-9-23(26)34-22/h6-9,14,18H,2-5,10-13,15-16H2,1H3,(H,28,32). The van der Waals surface area contributed by atoms with Crippen LogP contribution in [0.1, 0.15) is 52.9 Å². The van der Waals surface area contributed by atoms with Gasteiger partial charge in [-0.1, -0.05) is 41.7 Å². The zero-order chi connectivity index (χ0) is 23.5. The number of likely N-dealkylation sites (N-methyl/N-ethyl adjacent to an activating group) is 1. The Labute approximate surface area is 209 Å². The molecule has 1 N–H and O–H groups in total. The van der Waals surface area contributed by atoms with Gasteiger partial charge in [-0.3, -0.25) is 9.79 Å². The number of carbonyl (C=O) groups is 1. The minimum Gasteiger partial charge on any atom is -0.390 e. The third kappa shape index (κ3) is 5.08. The third-order valence-electron chi connectivity index (χ3n) is 6.59. The molecule has 3 aliphatic heterocycles. The third-order valence-corrected chi connectivity index (χ3v) is 7.82. The fraction of sp³-hybridized carbons (Fsp3) is 0.480. The molecular weight excluding hydrogens is 470 g/mol. The molecule has 1 aromatic heterocycles. The summed E-state index contributed by atoms with van der Waals surface area (Å²) < 4.78 is 0.604. The van der Waals surface area contributed by atoms with E-state index < -0.39 is 0 Å². The Balaban J connectivity index is 1.32. The zero-order valence-electron chi connectivity index (χ0n) is 19.4. The number of hydrogen-bond donors (Lipinski definition) is 1. The summed E-state index contributed by atoms with van der Waals surface area (Å²) in [7, 11) is 2.10. The Kier molecular flexibility index (Phi) is 7.06. The molecule has 7 nitrogen and oxygen atoms in total. The molecule has 0 bridgehead atoms. The molecule has 0 radical (unpaired) electrons. The highest BCUT2D eigenvalue weighted by atomic mass is 35.5. The first kappa shape index (κ1) is 23.2. The van der Waals surface area contributed by atoms with E-state index in [4.69, 9.17) is 21.4 Å². The van der Waals surface area contributed by atoms with Crippen LogP contribution < -0.4 is 10.2 Å². The minimum absolute atomic E-state index is 0.134. The second-order valence-electron chi connectivity index (χ2n) is 9.04. The highest BCUT2D eigenvalue weighted by molar-refractivity contribution is 7.18. The van der Waals surface area contributed by atoms with Gasteiger partial charge in [0.25, 0.3) is 5.91 Å². The average Bonchev–Trinajstić information content (AvgIpc) is 3.55. The van der Waals surface area contributed by atoms with Crippen molar-refractivity contribution in [1.82, 2.24) is 10.2 Å². The van der Waals surface area contributed by atoms with Crippen molar-refractivity contribution in [3.63, 3.8) is 0 Å². The van der Waals surface area contributed by atoms with E-state index in [1.165, 1.54) is 42.7 Å². The van der Waals surface area contributed by atoms with Crippen LogP contribution in [0.5, 0.6) is 0 Å². The van der Waals surface area contributed by atoms with Gasteiger partial charge in [0.15, 0.2) is 0 Å². The van der Waals surface area contributed by atoms with Crippen molar-refractivity contribution in [2.75, 3.05) is 44.7 Å². The highest BCUT2D eigenvalue weighted by Gasteiger charge is 2.27. The van der Waals surface area contributed by atoms with Gasteiger partial charge in [0, 0.05) is 49.9 Å². The predicted octanol–water partition coefficient (Wildman–Crippen LogP) is 4.40. The highest BCUT2D eigenvalue weighted by Crippen LogP contribution is 2.30. The number of amides is 1. The lowest BCUT2D eigenvalue weighted by atomic mass is 9.99. The summed E-state index contributed by atoms with van der Waals surface area (Å²) in [6.45, 7) is 4.31. The molecule has 1 saturated heterocycles. The summed E-state index contributed by atoms with van der Waals surface area (Å²) in [6.07, 6.45) is 5.44. The van der Waals surface area contributed by atoms with E-state index in [0.717, 1.165) is 48.9 Å². The number of nitrogens with one attached hydrogen (secondary N) is 1. The van der Waals surface area contributed by atoms with Crippen molar-refractivity contribution < 1.29 is 9.63 Å². The quantitative estimate of drug-likeness (QED) is 0.639. The van der Waals surface area contributed by atoms with Gasteiger partial charge >= 0.3 is 0 Å². The first-order chi connectivity index (χ1) is 16.6. The summed E-state index contributed by atoms with van der Waals surface area (Å²) in [6, 6.07) is 10.1. The van der Waals surface area contributed by atoms with Gasteiger partial charge in [-0.05, 0) is 31.0 Å². The first-order valence-corrected chi connectivity index (χ1v) is 13.2. The maximum atomic E-state index is 12.4. The molecule has 4 heterocycles. The van der Waals surface area contributed by atoms with Gasteiger partial charge in [0.05, 0.1) is 28.0 Å². The number of halogens is 1. The van der Waals surface area contributed by atoms with E-state index in [0.29, 0.717) is 22.2 Å². The Morgan fingerprint density at radius 2 is 2.00 bits per heavy atom. The molecular formula is C25H30ClN5O2S. The molecule has 1 unspecified atom stereocenters. The SMILES string of the molecule is CN1CCN=C1c1ccc(C2=NOC(CNC(=O)c3ccc(Cl)s3)C2)c(N2CCCCCC2)c1. The fourth-order valence-corrected chi connectivity index (χ4v) is 5.72. The number of rotatable bonds is 6. The number of oxime groups is 1. The van der Waals surface area contributed by atoms with E-state index in [-0.39, 0.29) is 12.0 Å². The van der Waals surface area contributed by atoms with Gasteiger partial charge in [-0.2, -0.15) is 0 Å². The van der Waals surface area contributed by atoms with Crippen LogP contribution in [-0.2, 0) is 4.84 Å². The molecule has 34 heavy (non-hydrogen) atoms. The molecule has 180 valence electrons. The lowest BCUT2D eigenvalue weighted by Crippen LogP contribution is -2.32. The molecule has 1 atom stereocenters. The van der Waals surface area contributed by atoms with Gasteiger partial charge in [-0.25, -0.2) is 0 Å². The monoisotopic (exact) mass is 499 g/mol. The molecule has 0 saturated carbocycles. The summed E-state index contributed by atoms with van der Waals surface area (Å²) in [4.78, 5) is 28.1. The normalized spacial score (nSPS) is 20.6. The zero-order valence-corrected chi connectivity index (χ0v) is 21.0. The van der Waals surface area contributed by atoms with Crippen molar-refractivity contribution in [3.8, 4) is 0 Å². The van der Waals surface area contributed by atoms with Crippen LogP contribution >= 0.6 is 22.9 Å². The number of amidine groups is 1. The lowest BCUT2D eigenvalue weighted by Gasteiger charge is -2.26. The lowest BCUT2D eigenvalue weighted by molar-refractivity contribution is 0.0755. The Bertz CT molecular complexity index is 1110. The number of thiophene rings is 1. The number of carbonyl (C=O) groups excluding carboxylic acids is 1. The molecule has 0 aliphatic carbocycles. The van der Waals surface area contributed by atoms with Crippen molar-refractivity contribution in [3.05, 3.63) is 50.7 Å². The second kappa shape index (κ2) is 10.4. The van der Waals surface area contributed by atoms with Crippen molar-refractivity contribution in [2.24, 2.45) is 10.1 Å². The maximum Gasteiger partial charge on any atom is 0.261 e. The summed E-state index contributed by atoms with van der Waals surface area (Å²) in [5, 5.41) is 7.39. The van der Waals surface area contributed by atoms with Crippen LogP contribution in [0, 0.1) is 0 Å². The molecule has 3 aliphatic rings. The van der Waals surface area contributed by atoms with Gasteiger partial charge in [0.2, 0.25) is 0 Å². The van der Waals surface area contributed by atoms with Crippen LogP contribution in [-0.4, -0.2) is 68.2 Å². The Morgan fingerprint density at radius 3 is 2.71 bits per heavy atom. The summed E-state index contributed by atoms with van der Waals surface area (Å²) in [5.41, 5.74) is 4.42.